The molecule has 6 nitrogen and oxygen atoms in total. The van der Waals surface area contributed by atoms with Gasteiger partial charge in [0, 0.05) is 0 Å². The maximum absolute atomic E-state index is 12.2. The molecule has 3 aromatic rings. The number of thiophene rings is 1. The molecule has 26 heavy (non-hydrogen) atoms. The average molecular weight is 434 g/mol. The predicted molar refractivity (Wildman–Crippen MR) is 104 cm³/mol. The Kier molecular flexibility index (Phi) is 5.53. The molecule has 2 heterocycles. The van der Waals surface area contributed by atoms with Crippen LogP contribution in [0.3, 0.4) is 0 Å². The van der Waals surface area contributed by atoms with Crippen molar-refractivity contribution in [1.82, 2.24) is 9.78 Å². The summed E-state index contributed by atoms with van der Waals surface area (Å²) in [5, 5.41) is 7.25. The first kappa shape index (κ1) is 18.3. The fourth-order valence-electron chi connectivity index (χ4n) is 2.45. The third kappa shape index (κ3) is 4.03. The van der Waals surface area contributed by atoms with E-state index >= 15 is 0 Å². The number of hydrogen-bond acceptors (Lipinski definition) is 5. The van der Waals surface area contributed by atoms with Gasteiger partial charge in [-0.05, 0) is 54.0 Å². The lowest BCUT2D eigenvalue weighted by Gasteiger charge is -2.07. The monoisotopic (exact) mass is 433 g/mol. The van der Waals surface area contributed by atoms with Crippen molar-refractivity contribution in [3.63, 3.8) is 0 Å². The van der Waals surface area contributed by atoms with E-state index in [0.717, 1.165) is 15.2 Å². The van der Waals surface area contributed by atoms with Gasteiger partial charge in [-0.15, -0.1) is 11.3 Å². The number of hydrogen-bond donors (Lipinski definition) is 1. The Balaban J connectivity index is 1.66. The van der Waals surface area contributed by atoms with Crippen LogP contribution >= 0.6 is 27.3 Å². The zero-order valence-electron chi connectivity index (χ0n) is 14.2. The fraction of sp³-hybridized carbons (Fsp3) is 0.167. The van der Waals surface area contributed by atoms with Gasteiger partial charge < -0.3 is 10.1 Å². The number of benzene rings is 1. The molecular weight excluding hydrogens is 418 g/mol. The molecule has 1 N–H and O–H groups in total. The number of halogens is 1. The summed E-state index contributed by atoms with van der Waals surface area (Å²) in [6.07, 6.45) is 0. The molecule has 8 heteroatoms. The lowest BCUT2D eigenvalue weighted by atomic mass is 10.3. The lowest BCUT2D eigenvalue weighted by molar-refractivity contribution is -0.119. The van der Waals surface area contributed by atoms with Gasteiger partial charge in [-0.2, -0.15) is 5.10 Å². The highest BCUT2D eigenvalue weighted by Gasteiger charge is 2.17. The second-order valence-corrected chi connectivity index (χ2v) is 7.98. The Bertz CT molecular complexity index is 950. The van der Waals surface area contributed by atoms with Crippen LogP contribution in [-0.2, 0) is 9.53 Å². The summed E-state index contributed by atoms with van der Waals surface area (Å²) in [6, 6.07) is 13.0. The molecule has 1 aromatic carbocycles. The maximum atomic E-state index is 12.2. The minimum atomic E-state index is -0.524. The molecule has 0 aliphatic heterocycles. The molecule has 1 amide bonds. The standard InChI is InChI=1S/C18H16BrN3O3S/c1-11-17(12(2)22(21-11)13-6-4-3-5-7-13)20-16(23)10-25-18(24)14-8-9-15(19)26-14/h3-9H,10H2,1-2H3,(H,20,23). The predicted octanol–water partition coefficient (Wildman–Crippen LogP) is 4.11. The first-order chi connectivity index (χ1) is 12.5. The molecular formula is C18H16BrN3O3S. The van der Waals surface area contributed by atoms with Gasteiger partial charge in [0.1, 0.15) is 4.88 Å². The van der Waals surface area contributed by atoms with Gasteiger partial charge in [0.25, 0.3) is 5.91 Å². The molecule has 134 valence electrons. The number of para-hydroxylation sites is 1. The highest BCUT2D eigenvalue weighted by molar-refractivity contribution is 9.11. The average Bonchev–Trinajstić information content (AvgIpc) is 3.19. The summed E-state index contributed by atoms with van der Waals surface area (Å²) >= 11 is 4.54. The summed E-state index contributed by atoms with van der Waals surface area (Å²) < 4.78 is 7.65. The van der Waals surface area contributed by atoms with Crippen LogP contribution in [0.4, 0.5) is 5.69 Å². The second kappa shape index (κ2) is 7.84. The lowest BCUT2D eigenvalue weighted by Crippen LogP contribution is -2.21. The Morgan fingerprint density at radius 3 is 2.58 bits per heavy atom. The molecule has 3 rings (SSSR count). The van der Waals surface area contributed by atoms with Gasteiger partial charge in [0.05, 0.1) is 26.5 Å². The van der Waals surface area contributed by atoms with Crippen molar-refractivity contribution in [1.29, 1.82) is 0 Å². The summed E-state index contributed by atoms with van der Waals surface area (Å²) in [4.78, 5) is 24.5. The van der Waals surface area contributed by atoms with Gasteiger partial charge in [-0.1, -0.05) is 18.2 Å². The first-order valence-corrected chi connectivity index (χ1v) is 9.40. The highest BCUT2D eigenvalue weighted by Crippen LogP contribution is 2.24. The number of carbonyl (C=O) groups excluding carboxylic acids is 2. The van der Waals surface area contributed by atoms with E-state index in [2.05, 4.69) is 26.3 Å². The van der Waals surface area contributed by atoms with Gasteiger partial charge in [0.15, 0.2) is 6.61 Å². The number of amides is 1. The van der Waals surface area contributed by atoms with E-state index in [1.807, 2.05) is 44.2 Å². The van der Waals surface area contributed by atoms with E-state index in [1.54, 1.807) is 16.8 Å². The topological polar surface area (TPSA) is 73.2 Å². The number of ether oxygens (including phenoxy) is 1. The number of nitrogens with one attached hydrogen (secondary N) is 1. The summed E-state index contributed by atoms with van der Waals surface area (Å²) in [5.74, 6) is -0.933. The van der Waals surface area contributed by atoms with Crippen LogP contribution in [0.15, 0.2) is 46.3 Å². The number of carbonyl (C=O) groups is 2. The second-order valence-electron chi connectivity index (χ2n) is 5.52. The van der Waals surface area contributed by atoms with E-state index in [4.69, 9.17) is 4.74 Å². The summed E-state index contributed by atoms with van der Waals surface area (Å²) in [7, 11) is 0. The van der Waals surface area contributed by atoms with E-state index in [1.165, 1.54) is 11.3 Å². The minimum absolute atomic E-state index is 0.357. The molecule has 0 bridgehead atoms. The molecule has 0 unspecified atom stereocenters. The molecule has 0 saturated carbocycles. The first-order valence-electron chi connectivity index (χ1n) is 7.79. The largest absolute Gasteiger partial charge is 0.451 e. The van der Waals surface area contributed by atoms with Crippen molar-refractivity contribution in [3.8, 4) is 5.69 Å². The number of esters is 1. The van der Waals surface area contributed by atoms with Crippen molar-refractivity contribution in [2.75, 3.05) is 11.9 Å². The molecule has 0 aliphatic carbocycles. The number of aryl methyl sites for hydroxylation is 1. The van der Waals surface area contributed by atoms with Crippen molar-refractivity contribution in [3.05, 3.63) is 62.5 Å². The Morgan fingerprint density at radius 1 is 1.19 bits per heavy atom. The van der Waals surface area contributed by atoms with Crippen LogP contribution in [0.1, 0.15) is 21.1 Å². The van der Waals surface area contributed by atoms with Crippen molar-refractivity contribution < 1.29 is 14.3 Å². The molecule has 0 atom stereocenters. The van der Waals surface area contributed by atoms with E-state index in [-0.39, 0.29) is 6.61 Å². The zero-order chi connectivity index (χ0) is 18.7. The number of rotatable bonds is 5. The Labute approximate surface area is 162 Å². The minimum Gasteiger partial charge on any atom is -0.451 e. The Morgan fingerprint density at radius 2 is 1.92 bits per heavy atom. The van der Waals surface area contributed by atoms with Crippen LogP contribution in [0.5, 0.6) is 0 Å². The third-order valence-corrected chi connectivity index (χ3v) is 5.27. The van der Waals surface area contributed by atoms with Gasteiger partial charge >= 0.3 is 5.97 Å². The molecule has 0 radical (unpaired) electrons. The molecule has 0 saturated heterocycles. The molecule has 0 fully saturated rings. The van der Waals surface area contributed by atoms with Gasteiger partial charge in [-0.3, -0.25) is 4.79 Å². The van der Waals surface area contributed by atoms with Crippen molar-refractivity contribution in [2.24, 2.45) is 0 Å². The van der Waals surface area contributed by atoms with Crippen LogP contribution in [0.2, 0.25) is 0 Å². The number of aromatic nitrogens is 2. The quantitative estimate of drug-likeness (QED) is 0.614. The van der Waals surface area contributed by atoms with E-state index < -0.39 is 11.9 Å². The summed E-state index contributed by atoms with van der Waals surface area (Å²) in [5.41, 5.74) is 3.01. The van der Waals surface area contributed by atoms with Gasteiger partial charge in [-0.25, -0.2) is 9.48 Å². The van der Waals surface area contributed by atoms with Crippen molar-refractivity contribution >= 4 is 44.8 Å². The van der Waals surface area contributed by atoms with Crippen LogP contribution < -0.4 is 5.32 Å². The molecule has 2 aromatic heterocycles. The van der Waals surface area contributed by atoms with Crippen molar-refractivity contribution in [2.45, 2.75) is 13.8 Å². The van der Waals surface area contributed by atoms with Crippen LogP contribution in [-0.4, -0.2) is 28.3 Å². The highest BCUT2D eigenvalue weighted by atomic mass is 79.9. The van der Waals surface area contributed by atoms with E-state index in [0.29, 0.717) is 16.3 Å². The Hall–Kier alpha value is -2.45. The fourth-order valence-corrected chi connectivity index (χ4v) is 3.73. The molecule has 0 spiro atoms. The molecule has 0 aliphatic rings. The van der Waals surface area contributed by atoms with E-state index in [9.17, 15) is 9.59 Å². The SMILES string of the molecule is Cc1nn(-c2ccccc2)c(C)c1NC(=O)COC(=O)c1ccc(Br)s1. The third-order valence-electron chi connectivity index (χ3n) is 3.67. The zero-order valence-corrected chi connectivity index (χ0v) is 16.6. The number of nitrogens with zero attached hydrogens (tertiary/aromatic N) is 2. The maximum Gasteiger partial charge on any atom is 0.348 e. The number of anilines is 1. The summed E-state index contributed by atoms with van der Waals surface area (Å²) in [6.45, 7) is 3.33. The van der Waals surface area contributed by atoms with Crippen LogP contribution in [0, 0.1) is 13.8 Å². The van der Waals surface area contributed by atoms with Crippen LogP contribution in [0.25, 0.3) is 5.69 Å². The smallest absolute Gasteiger partial charge is 0.348 e. The normalized spacial score (nSPS) is 10.6. The van der Waals surface area contributed by atoms with Gasteiger partial charge in [0.2, 0.25) is 0 Å².